The molecule has 0 bridgehead atoms. The molecule has 1 aromatic heterocycles. The van der Waals surface area contributed by atoms with Crippen molar-refractivity contribution in [1.82, 2.24) is 25.4 Å². The van der Waals surface area contributed by atoms with Crippen LogP contribution in [0, 0.1) is 6.92 Å². The summed E-state index contributed by atoms with van der Waals surface area (Å²) in [4.78, 5) is 37.2. The van der Waals surface area contributed by atoms with E-state index >= 15 is 0 Å². The van der Waals surface area contributed by atoms with Crippen LogP contribution in [-0.2, 0) is 17.1 Å². The number of benzene rings is 2. The standard InChI is InChI=1S/C19H19N5O5S/c1-11-8-9-12(30(28,29)20-2)10-15(11)17(25)21-22-18(26)16-13-6-4-5-7-14(13)19(27)24(3)23-16/h4-10,20H,1-3H3,(H,21,25)(H,22,26). The average molecular weight is 429 g/mol. The first-order chi connectivity index (χ1) is 14.2. The Morgan fingerprint density at radius 2 is 1.63 bits per heavy atom. The van der Waals surface area contributed by atoms with Crippen LogP contribution in [-0.4, -0.2) is 37.1 Å². The summed E-state index contributed by atoms with van der Waals surface area (Å²) in [6.45, 7) is 1.63. The topological polar surface area (TPSA) is 139 Å². The van der Waals surface area contributed by atoms with Gasteiger partial charge in [0.2, 0.25) is 10.0 Å². The number of aryl methyl sites for hydroxylation is 2. The van der Waals surface area contributed by atoms with Crippen molar-refractivity contribution in [3.05, 3.63) is 69.6 Å². The molecule has 0 aliphatic rings. The van der Waals surface area contributed by atoms with E-state index in [-0.39, 0.29) is 21.7 Å². The Morgan fingerprint density at radius 3 is 2.30 bits per heavy atom. The number of carbonyl (C=O) groups excluding carboxylic acids is 2. The van der Waals surface area contributed by atoms with Crippen LogP contribution in [0.3, 0.4) is 0 Å². The maximum absolute atomic E-state index is 12.6. The minimum Gasteiger partial charge on any atom is -0.267 e. The van der Waals surface area contributed by atoms with Crippen LogP contribution < -0.4 is 21.1 Å². The third-order valence-electron chi connectivity index (χ3n) is 4.49. The fraction of sp³-hybridized carbons (Fsp3) is 0.158. The summed E-state index contributed by atoms with van der Waals surface area (Å²) in [5.74, 6) is -1.44. The van der Waals surface area contributed by atoms with Crippen molar-refractivity contribution in [2.75, 3.05) is 7.05 Å². The molecule has 3 rings (SSSR count). The van der Waals surface area contributed by atoms with Gasteiger partial charge in [0.25, 0.3) is 17.4 Å². The average Bonchev–Trinajstić information content (AvgIpc) is 2.74. The van der Waals surface area contributed by atoms with Gasteiger partial charge in [-0.15, -0.1) is 0 Å². The summed E-state index contributed by atoms with van der Waals surface area (Å²) in [5.41, 5.74) is 4.69. The van der Waals surface area contributed by atoms with Gasteiger partial charge in [0, 0.05) is 18.0 Å². The molecule has 0 radical (unpaired) electrons. The van der Waals surface area contributed by atoms with Gasteiger partial charge in [0.1, 0.15) is 0 Å². The van der Waals surface area contributed by atoms with Crippen LogP contribution in [0.15, 0.2) is 52.2 Å². The number of amides is 2. The lowest BCUT2D eigenvalue weighted by Gasteiger charge is -2.12. The van der Waals surface area contributed by atoms with Gasteiger partial charge in [-0.3, -0.25) is 25.2 Å². The Hall–Kier alpha value is -3.57. The highest BCUT2D eigenvalue weighted by molar-refractivity contribution is 7.89. The normalized spacial score (nSPS) is 11.3. The van der Waals surface area contributed by atoms with Gasteiger partial charge in [-0.25, -0.2) is 17.8 Å². The Morgan fingerprint density at radius 1 is 1.00 bits per heavy atom. The largest absolute Gasteiger partial charge is 0.290 e. The molecule has 3 aromatic rings. The molecular weight excluding hydrogens is 410 g/mol. The Kier molecular flexibility index (Phi) is 5.67. The minimum absolute atomic E-state index is 0.0452. The fourth-order valence-corrected chi connectivity index (χ4v) is 3.59. The molecule has 30 heavy (non-hydrogen) atoms. The van der Waals surface area contributed by atoms with E-state index in [2.05, 4.69) is 20.7 Å². The van der Waals surface area contributed by atoms with Gasteiger partial charge < -0.3 is 0 Å². The van der Waals surface area contributed by atoms with Gasteiger partial charge in [0.15, 0.2) is 5.69 Å². The molecule has 0 aliphatic carbocycles. The second-order valence-electron chi connectivity index (χ2n) is 6.42. The summed E-state index contributed by atoms with van der Waals surface area (Å²) in [5, 5.41) is 4.63. The molecule has 0 spiro atoms. The summed E-state index contributed by atoms with van der Waals surface area (Å²) in [6, 6.07) is 10.6. The van der Waals surface area contributed by atoms with E-state index in [0.29, 0.717) is 16.3 Å². The second kappa shape index (κ2) is 8.05. The van der Waals surface area contributed by atoms with Crippen molar-refractivity contribution in [2.45, 2.75) is 11.8 Å². The van der Waals surface area contributed by atoms with Crippen LogP contribution >= 0.6 is 0 Å². The molecule has 1 heterocycles. The minimum atomic E-state index is -3.74. The first-order valence-corrected chi connectivity index (χ1v) is 10.2. The molecule has 0 saturated carbocycles. The Balaban J connectivity index is 1.87. The van der Waals surface area contributed by atoms with Crippen LogP contribution in [0.2, 0.25) is 0 Å². The first-order valence-electron chi connectivity index (χ1n) is 8.76. The number of aromatic nitrogens is 2. The number of fused-ring (bicyclic) bond motifs is 1. The summed E-state index contributed by atoms with van der Waals surface area (Å²) >= 11 is 0. The van der Waals surface area contributed by atoms with Crippen molar-refractivity contribution >= 4 is 32.6 Å². The molecule has 0 saturated heterocycles. The van der Waals surface area contributed by atoms with Gasteiger partial charge >= 0.3 is 0 Å². The van der Waals surface area contributed by atoms with Crippen LogP contribution in [0.4, 0.5) is 0 Å². The number of sulfonamides is 1. The molecule has 0 atom stereocenters. The molecule has 156 valence electrons. The summed E-state index contributed by atoms with van der Waals surface area (Å²) < 4.78 is 27.2. The lowest BCUT2D eigenvalue weighted by molar-refractivity contribution is 0.0843. The van der Waals surface area contributed by atoms with Crippen LogP contribution in [0.5, 0.6) is 0 Å². The Labute approximate surface area is 171 Å². The van der Waals surface area contributed by atoms with Gasteiger partial charge in [-0.2, -0.15) is 5.10 Å². The first kappa shape index (κ1) is 21.1. The molecular formula is C19H19N5O5S. The molecule has 2 amide bonds. The maximum atomic E-state index is 12.6. The monoisotopic (exact) mass is 429 g/mol. The summed E-state index contributed by atoms with van der Waals surface area (Å²) in [6.07, 6.45) is 0. The number of nitrogens with zero attached hydrogens (tertiary/aromatic N) is 2. The number of carbonyl (C=O) groups is 2. The maximum Gasteiger partial charge on any atom is 0.290 e. The zero-order valence-electron chi connectivity index (χ0n) is 16.4. The van der Waals surface area contributed by atoms with Crippen molar-refractivity contribution in [3.63, 3.8) is 0 Å². The molecule has 10 nitrogen and oxygen atoms in total. The Bertz CT molecular complexity index is 1330. The van der Waals surface area contributed by atoms with E-state index in [1.54, 1.807) is 31.2 Å². The number of hydrazine groups is 1. The van der Waals surface area contributed by atoms with E-state index in [1.807, 2.05) is 0 Å². The SMILES string of the molecule is CNS(=O)(=O)c1ccc(C)c(C(=O)NNC(=O)c2nn(C)c(=O)c3ccccc23)c1. The lowest BCUT2D eigenvalue weighted by atomic mass is 10.1. The van der Waals surface area contributed by atoms with Crippen molar-refractivity contribution in [3.8, 4) is 0 Å². The number of nitrogens with one attached hydrogen (secondary N) is 3. The smallest absolute Gasteiger partial charge is 0.267 e. The van der Waals surface area contributed by atoms with Crippen LogP contribution in [0.25, 0.3) is 10.8 Å². The highest BCUT2D eigenvalue weighted by Crippen LogP contribution is 2.16. The predicted octanol–water partition coefficient (Wildman–Crippen LogP) is 0.225. The molecule has 0 aliphatic heterocycles. The van der Waals surface area contributed by atoms with Crippen molar-refractivity contribution in [1.29, 1.82) is 0 Å². The molecule has 0 fully saturated rings. The second-order valence-corrected chi connectivity index (χ2v) is 8.30. The third kappa shape index (κ3) is 3.93. The van der Waals surface area contributed by atoms with E-state index < -0.39 is 21.8 Å². The van der Waals surface area contributed by atoms with Crippen molar-refractivity contribution in [2.24, 2.45) is 7.05 Å². The van der Waals surface area contributed by atoms with E-state index in [1.165, 1.54) is 32.3 Å². The number of hydrogen-bond acceptors (Lipinski definition) is 6. The zero-order chi connectivity index (χ0) is 22.1. The summed E-state index contributed by atoms with van der Waals surface area (Å²) in [7, 11) is -1.06. The number of hydrogen-bond donors (Lipinski definition) is 3. The highest BCUT2D eigenvalue weighted by Gasteiger charge is 2.19. The fourth-order valence-electron chi connectivity index (χ4n) is 2.84. The highest BCUT2D eigenvalue weighted by atomic mass is 32.2. The molecule has 2 aromatic carbocycles. The predicted molar refractivity (Wildman–Crippen MR) is 109 cm³/mol. The molecule has 0 unspecified atom stereocenters. The van der Waals surface area contributed by atoms with Crippen molar-refractivity contribution < 1.29 is 18.0 Å². The quantitative estimate of drug-likeness (QED) is 0.507. The van der Waals surface area contributed by atoms with Crippen LogP contribution in [0.1, 0.15) is 26.4 Å². The van der Waals surface area contributed by atoms with Gasteiger partial charge in [0.05, 0.1) is 10.3 Å². The third-order valence-corrected chi connectivity index (χ3v) is 5.91. The van der Waals surface area contributed by atoms with Gasteiger partial charge in [-0.05, 0) is 37.7 Å². The van der Waals surface area contributed by atoms with E-state index in [0.717, 1.165) is 4.68 Å². The molecule has 3 N–H and O–H groups in total. The zero-order valence-corrected chi connectivity index (χ0v) is 17.2. The van der Waals surface area contributed by atoms with E-state index in [9.17, 15) is 22.8 Å². The van der Waals surface area contributed by atoms with E-state index in [4.69, 9.17) is 0 Å². The number of rotatable bonds is 4. The van der Waals surface area contributed by atoms with Gasteiger partial charge in [-0.1, -0.05) is 24.3 Å². The molecule has 11 heteroatoms. The lowest BCUT2D eigenvalue weighted by Crippen LogP contribution is -2.43.